The molecule has 2 nitrogen and oxygen atoms in total. The van der Waals surface area contributed by atoms with Crippen LogP contribution in [0, 0.1) is 0 Å². The van der Waals surface area contributed by atoms with Crippen LogP contribution in [0.1, 0.15) is 38.5 Å². The zero-order valence-electron chi connectivity index (χ0n) is 7.42. The summed E-state index contributed by atoms with van der Waals surface area (Å²) in [6.07, 6.45) is 7.38. The van der Waals surface area contributed by atoms with Gasteiger partial charge in [-0.15, -0.1) is 12.4 Å². The number of nitrogens with two attached hydrogens (primary N) is 1. The first kappa shape index (κ1) is 10.3. The molecule has 2 aliphatic rings. The summed E-state index contributed by atoms with van der Waals surface area (Å²) in [5, 5.41) is 0. The molecular formula is C9H18ClNO. The van der Waals surface area contributed by atoms with E-state index < -0.39 is 0 Å². The molecule has 2 unspecified atom stereocenters. The molecule has 0 bridgehead atoms. The van der Waals surface area contributed by atoms with Crippen LogP contribution >= 0.6 is 12.4 Å². The van der Waals surface area contributed by atoms with Gasteiger partial charge in [-0.3, -0.25) is 0 Å². The number of halogens is 1. The van der Waals surface area contributed by atoms with E-state index in [1.165, 1.54) is 38.5 Å². The number of ether oxygens (including phenoxy) is 1. The maximum absolute atomic E-state index is 6.02. The average molecular weight is 192 g/mol. The van der Waals surface area contributed by atoms with Gasteiger partial charge in [-0.25, -0.2) is 0 Å². The fourth-order valence-electron chi connectivity index (χ4n) is 2.43. The first-order chi connectivity index (χ1) is 5.33. The average Bonchev–Trinajstić information content (AvgIpc) is 2.36. The van der Waals surface area contributed by atoms with Gasteiger partial charge in [0.05, 0.1) is 5.60 Å². The molecule has 2 N–H and O–H groups in total. The third kappa shape index (κ3) is 1.61. The molecule has 2 fully saturated rings. The van der Waals surface area contributed by atoms with Gasteiger partial charge < -0.3 is 10.5 Å². The molecule has 3 heteroatoms. The molecule has 2 rings (SSSR count). The molecule has 1 aliphatic heterocycles. The van der Waals surface area contributed by atoms with Crippen molar-refractivity contribution in [1.82, 2.24) is 0 Å². The molecule has 1 saturated heterocycles. The molecule has 1 heterocycles. The van der Waals surface area contributed by atoms with Gasteiger partial charge in [0.2, 0.25) is 0 Å². The van der Waals surface area contributed by atoms with Crippen molar-refractivity contribution in [2.24, 2.45) is 5.73 Å². The number of rotatable bonds is 0. The Labute approximate surface area is 80.3 Å². The van der Waals surface area contributed by atoms with Crippen LogP contribution in [0.4, 0.5) is 0 Å². The lowest BCUT2D eigenvalue weighted by Crippen LogP contribution is -2.47. The third-order valence-electron chi connectivity index (χ3n) is 3.17. The van der Waals surface area contributed by atoms with Crippen LogP contribution in [0.25, 0.3) is 0 Å². The van der Waals surface area contributed by atoms with Crippen molar-refractivity contribution in [3.63, 3.8) is 0 Å². The standard InChI is InChI=1S/C9H17NO.ClH/c10-8-4-3-6-9(8)5-1-2-7-11-9;/h8H,1-7,10H2;1H. The number of hydrogen-bond donors (Lipinski definition) is 1. The Hall–Kier alpha value is 0.210. The molecule has 0 aromatic heterocycles. The van der Waals surface area contributed by atoms with Crippen molar-refractivity contribution in [3.8, 4) is 0 Å². The smallest absolute Gasteiger partial charge is 0.0832 e. The molecule has 0 radical (unpaired) electrons. The van der Waals surface area contributed by atoms with Crippen LogP contribution < -0.4 is 5.73 Å². The minimum absolute atomic E-state index is 0. The Morgan fingerprint density at radius 3 is 2.42 bits per heavy atom. The van der Waals surface area contributed by atoms with E-state index in [1.54, 1.807) is 0 Å². The molecule has 0 aromatic rings. The molecular weight excluding hydrogens is 174 g/mol. The lowest BCUT2D eigenvalue weighted by Gasteiger charge is -2.37. The second kappa shape index (κ2) is 3.95. The maximum atomic E-state index is 6.02. The largest absolute Gasteiger partial charge is 0.373 e. The zero-order valence-corrected chi connectivity index (χ0v) is 8.24. The molecule has 1 saturated carbocycles. The molecule has 0 aromatic carbocycles. The molecule has 12 heavy (non-hydrogen) atoms. The van der Waals surface area contributed by atoms with Crippen molar-refractivity contribution in [2.45, 2.75) is 50.2 Å². The van der Waals surface area contributed by atoms with Crippen LogP contribution in [0.5, 0.6) is 0 Å². The SMILES string of the molecule is Cl.NC1CCCC12CCCCO2. The topological polar surface area (TPSA) is 35.2 Å². The molecule has 0 amide bonds. The lowest BCUT2D eigenvalue weighted by atomic mass is 9.89. The summed E-state index contributed by atoms with van der Waals surface area (Å²) in [7, 11) is 0. The first-order valence-corrected chi connectivity index (χ1v) is 4.73. The van der Waals surface area contributed by atoms with E-state index in [4.69, 9.17) is 10.5 Å². The monoisotopic (exact) mass is 191 g/mol. The normalized spacial score (nSPS) is 41.2. The van der Waals surface area contributed by atoms with Crippen molar-refractivity contribution < 1.29 is 4.74 Å². The fraction of sp³-hybridized carbons (Fsp3) is 1.00. The van der Waals surface area contributed by atoms with Gasteiger partial charge in [-0.2, -0.15) is 0 Å². The maximum Gasteiger partial charge on any atom is 0.0832 e. The first-order valence-electron chi connectivity index (χ1n) is 4.73. The highest BCUT2D eigenvalue weighted by atomic mass is 35.5. The Balaban J connectivity index is 0.000000720. The van der Waals surface area contributed by atoms with E-state index in [9.17, 15) is 0 Å². The van der Waals surface area contributed by atoms with Gasteiger partial charge in [0, 0.05) is 12.6 Å². The summed E-state index contributed by atoms with van der Waals surface area (Å²) in [4.78, 5) is 0. The summed E-state index contributed by atoms with van der Waals surface area (Å²) in [5.41, 5.74) is 6.13. The Kier molecular flexibility index (Phi) is 3.38. The predicted molar refractivity (Wildman–Crippen MR) is 51.6 cm³/mol. The van der Waals surface area contributed by atoms with E-state index in [1.807, 2.05) is 0 Å². The highest BCUT2D eigenvalue weighted by molar-refractivity contribution is 5.85. The van der Waals surface area contributed by atoms with Gasteiger partial charge in [-0.05, 0) is 38.5 Å². The summed E-state index contributed by atoms with van der Waals surface area (Å²) in [5.74, 6) is 0. The summed E-state index contributed by atoms with van der Waals surface area (Å²) < 4.78 is 5.81. The zero-order chi connectivity index (χ0) is 7.73. The minimum Gasteiger partial charge on any atom is -0.373 e. The minimum atomic E-state index is 0. The fourth-order valence-corrected chi connectivity index (χ4v) is 2.43. The van der Waals surface area contributed by atoms with Crippen molar-refractivity contribution in [1.29, 1.82) is 0 Å². The lowest BCUT2D eigenvalue weighted by molar-refractivity contribution is -0.0824. The Morgan fingerprint density at radius 1 is 1.17 bits per heavy atom. The van der Waals surface area contributed by atoms with Crippen LogP contribution in [0.3, 0.4) is 0 Å². The van der Waals surface area contributed by atoms with E-state index in [0.29, 0.717) is 6.04 Å². The second-order valence-electron chi connectivity index (χ2n) is 3.87. The predicted octanol–water partition coefficient (Wildman–Crippen LogP) is 1.86. The molecule has 2 atom stereocenters. The van der Waals surface area contributed by atoms with Crippen molar-refractivity contribution in [3.05, 3.63) is 0 Å². The van der Waals surface area contributed by atoms with Crippen LogP contribution in [0.2, 0.25) is 0 Å². The Morgan fingerprint density at radius 2 is 1.92 bits per heavy atom. The highest BCUT2D eigenvalue weighted by Crippen LogP contribution is 2.38. The van der Waals surface area contributed by atoms with Gasteiger partial charge >= 0.3 is 0 Å². The quantitative estimate of drug-likeness (QED) is 0.635. The molecule has 1 spiro atoms. The van der Waals surface area contributed by atoms with Gasteiger partial charge in [0.1, 0.15) is 0 Å². The van der Waals surface area contributed by atoms with Crippen molar-refractivity contribution >= 4 is 12.4 Å². The van der Waals surface area contributed by atoms with Gasteiger partial charge in [-0.1, -0.05) is 0 Å². The second-order valence-corrected chi connectivity index (χ2v) is 3.87. The van der Waals surface area contributed by atoms with E-state index in [-0.39, 0.29) is 18.0 Å². The van der Waals surface area contributed by atoms with E-state index >= 15 is 0 Å². The van der Waals surface area contributed by atoms with Crippen molar-refractivity contribution in [2.75, 3.05) is 6.61 Å². The van der Waals surface area contributed by atoms with Gasteiger partial charge in [0.25, 0.3) is 0 Å². The van der Waals surface area contributed by atoms with E-state index in [0.717, 1.165) is 6.61 Å². The Bertz CT molecular complexity index is 145. The highest BCUT2D eigenvalue weighted by Gasteiger charge is 2.42. The van der Waals surface area contributed by atoms with Gasteiger partial charge in [0.15, 0.2) is 0 Å². The third-order valence-corrected chi connectivity index (χ3v) is 3.17. The van der Waals surface area contributed by atoms with Crippen LogP contribution in [-0.4, -0.2) is 18.2 Å². The molecule has 72 valence electrons. The summed E-state index contributed by atoms with van der Waals surface area (Å²) in [6, 6.07) is 0.322. The molecule has 1 aliphatic carbocycles. The van der Waals surface area contributed by atoms with E-state index in [2.05, 4.69) is 0 Å². The summed E-state index contributed by atoms with van der Waals surface area (Å²) in [6.45, 7) is 0.938. The van der Waals surface area contributed by atoms with Crippen LogP contribution in [0.15, 0.2) is 0 Å². The number of hydrogen-bond acceptors (Lipinski definition) is 2. The van der Waals surface area contributed by atoms with Crippen LogP contribution in [-0.2, 0) is 4.74 Å². The summed E-state index contributed by atoms with van der Waals surface area (Å²) >= 11 is 0.